The first kappa shape index (κ1) is 14.4. The summed E-state index contributed by atoms with van der Waals surface area (Å²) in [7, 11) is 1.32. The fourth-order valence-electron chi connectivity index (χ4n) is 2.54. The van der Waals surface area contributed by atoms with Crippen LogP contribution in [0.3, 0.4) is 0 Å². The average molecular weight is 277 g/mol. The van der Waals surface area contributed by atoms with Crippen LogP contribution in [0.25, 0.3) is 0 Å². The maximum atomic E-state index is 12.6. The summed E-state index contributed by atoms with van der Waals surface area (Å²) in [5.41, 5.74) is 0.878. The third kappa shape index (κ3) is 2.61. The molecule has 1 aliphatic heterocycles. The van der Waals surface area contributed by atoms with Gasteiger partial charge in [-0.05, 0) is 37.8 Å². The van der Waals surface area contributed by atoms with Gasteiger partial charge in [-0.25, -0.2) is 4.79 Å². The number of phenolic OH excluding ortho intramolecular Hbond substituents is 1. The summed E-state index contributed by atoms with van der Waals surface area (Å²) >= 11 is 0. The van der Waals surface area contributed by atoms with Gasteiger partial charge in [0, 0.05) is 6.54 Å². The number of phenols is 1. The lowest BCUT2D eigenvalue weighted by molar-refractivity contribution is -0.147. The minimum absolute atomic E-state index is 0.0216. The molecule has 1 fully saturated rings. The van der Waals surface area contributed by atoms with Gasteiger partial charge in [0.1, 0.15) is 11.8 Å². The highest BCUT2D eigenvalue weighted by Gasteiger charge is 2.34. The van der Waals surface area contributed by atoms with Gasteiger partial charge in [-0.1, -0.05) is 12.1 Å². The molecule has 108 valence electrons. The molecule has 1 amide bonds. The lowest BCUT2D eigenvalue weighted by Crippen LogP contribution is -2.48. The molecule has 1 heterocycles. The molecule has 1 N–H and O–H groups in total. The lowest BCUT2D eigenvalue weighted by atomic mass is 10.00. The number of para-hydroxylation sites is 1. The largest absolute Gasteiger partial charge is 0.507 e. The first-order chi connectivity index (χ1) is 9.56. The third-order valence-corrected chi connectivity index (χ3v) is 3.71. The van der Waals surface area contributed by atoms with E-state index in [1.807, 2.05) is 0 Å². The van der Waals surface area contributed by atoms with Crippen LogP contribution in [0.1, 0.15) is 35.2 Å². The molecule has 0 unspecified atom stereocenters. The van der Waals surface area contributed by atoms with Gasteiger partial charge in [0.25, 0.3) is 5.91 Å². The normalized spacial score (nSPS) is 18.7. The van der Waals surface area contributed by atoms with E-state index in [9.17, 15) is 14.7 Å². The SMILES string of the molecule is COC(=O)[C@H]1CCCCN1C(=O)c1cccc(C)c1O. The Morgan fingerprint density at radius 1 is 1.35 bits per heavy atom. The number of nitrogens with zero attached hydrogens (tertiary/aromatic N) is 1. The van der Waals surface area contributed by atoms with E-state index < -0.39 is 12.0 Å². The van der Waals surface area contributed by atoms with Crippen LogP contribution in [-0.2, 0) is 9.53 Å². The molecule has 0 aromatic heterocycles. The van der Waals surface area contributed by atoms with Crippen molar-refractivity contribution in [2.45, 2.75) is 32.2 Å². The number of piperidine rings is 1. The van der Waals surface area contributed by atoms with E-state index in [4.69, 9.17) is 4.74 Å². The van der Waals surface area contributed by atoms with E-state index in [2.05, 4.69) is 0 Å². The van der Waals surface area contributed by atoms with Crippen LogP contribution in [0, 0.1) is 6.92 Å². The topological polar surface area (TPSA) is 66.8 Å². The number of methoxy groups -OCH3 is 1. The summed E-state index contributed by atoms with van der Waals surface area (Å²) in [4.78, 5) is 25.9. The average Bonchev–Trinajstić information content (AvgIpc) is 2.48. The van der Waals surface area contributed by atoms with Gasteiger partial charge in [-0.15, -0.1) is 0 Å². The second kappa shape index (κ2) is 5.94. The Balaban J connectivity index is 2.30. The van der Waals surface area contributed by atoms with Crippen LogP contribution in [0.15, 0.2) is 18.2 Å². The molecular formula is C15H19NO4. The summed E-state index contributed by atoms with van der Waals surface area (Å²) in [5, 5.41) is 10.0. The molecular weight excluding hydrogens is 258 g/mol. The molecule has 20 heavy (non-hydrogen) atoms. The van der Waals surface area contributed by atoms with Crippen LogP contribution >= 0.6 is 0 Å². The van der Waals surface area contributed by atoms with Gasteiger partial charge >= 0.3 is 5.97 Å². The molecule has 0 spiro atoms. The molecule has 2 rings (SSSR count). The van der Waals surface area contributed by atoms with Gasteiger partial charge < -0.3 is 14.7 Å². The Bertz CT molecular complexity index is 527. The van der Waals surface area contributed by atoms with Crippen molar-refractivity contribution in [1.29, 1.82) is 0 Å². The van der Waals surface area contributed by atoms with E-state index in [-0.39, 0.29) is 17.2 Å². The van der Waals surface area contributed by atoms with Gasteiger partial charge in [-0.3, -0.25) is 4.79 Å². The van der Waals surface area contributed by atoms with Crippen molar-refractivity contribution < 1.29 is 19.4 Å². The zero-order chi connectivity index (χ0) is 14.7. The Labute approximate surface area is 118 Å². The number of carbonyl (C=O) groups excluding carboxylic acids is 2. The number of hydrogen-bond acceptors (Lipinski definition) is 4. The van der Waals surface area contributed by atoms with Gasteiger partial charge in [0.2, 0.25) is 0 Å². The number of aromatic hydroxyl groups is 1. The molecule has 5 nitrogen and oxygen atoms in total. The van der Waals surface area contributed by atoms with E-state index in [0.29, 0.717) is 18.5 Å². The van der Waals surface area contributed by atoms with Crippen LogP contribution in [0.4, 0.5) is 0 Å². The summed E-state index contributed by atoms with van der Waals surface area (Å²) in [6, 6.07) is 4.48. The van der Waals surface area contributed by atoms with Crippen molar-refractivity contribution in [2.24, 2.45) is 0 Å². The monoisotopic (exact) mass is 277 g/mol. The van der Waals surface area contributed by atoms with Crippen molar-refractivity contribution in [3.63, 3.8) is 0 Å². The molecule has 0 saturated carbocycles. The number of hydrogen-bond donors (Lipinski definition) is 1. The Morgan fingerprint density at radius 3 is 2.80 bits per heavy atom. The molecule has 0 bridgehead atoms. The van der Waals surface area contributed by atoms with Crippen LogP contribution < -0.4 is 0 Å². The maximum Gasteiger partial charge on any atom is 0.328 e. The Kier molecular flexibility index (Phi) is 4.27. The second-order valence-electron chi connectivity index (χ2n) is 5.00. The predicted molar refractivity (Wildman–Crippen MR) is 73.5 cm³/mol. The molecule has 1 aromatic carbocycles. The van der Waals surface area contributed by atoms with E-state index in [1.54, 1.807) is 25.1 Å². The third-order valence-electron chi connectivity index (χ3n) is 3.71. The molecule has 1 aromatic rings. The minimum Gasteiger partial charge on any atom is -0.507 e. The fraction of sp³-hybridized carbons (Fsp3) is 0.467. The van der Waals surface area contributed by atoms with E-state index in [1.165, 1.54) is 12.0 Å². The smallest absolute Gasteiger partial charge is 0.328 e. The second-order valence-corrected chi connectivity index (χ2v) is 5.00. The van der Waals surface area contributed by atoms with Crippen molar-refractivity contribution in [2.75, 3.05) is 13.7 Å². The molecule has 0 radical (unpaired) electrons. The highest BCUT2D eigenvalue weighted by Crippen LogP contribution is 2.26. The van der Waals surface area contributed by atoms with Crippen LogP contribution in [0.2, 0.25) is 0 Å². The Hall–Kier alpha value is -2.04. The summed E-state index contributed by atoms with van der Waals surface area (Å²) in [5.74, 6) is -0.738. The molecule has 1 atom stereocenters. The minimum atomic E-state index is -0.554. The standard InChI is InChI=1S/C15H19NO4/c1-10-6-5-7-11(13(10)17)14(18)16-9-4-3-8-12(16)15(19)20-2/h5-7,12,17H,3-4,8-9H2,1-2H3/t12-/m1/s1. The number of likely N-dealkylation sites (tertiary alicyclic amines) is 1. The van der Waals surface area contributed by atoms with Gasteiger partial charge in [0.15, 0.2) is 0 Å². The van der Waals surface area contributed by atoms with Crippen molar-refractivity contribution in [3.05, 3.63) is 29.3 Å². The molecule has 0 aliphatic carbocycles. The van der Waals surface area contributed by atoms with E-state index >= 15 is 0 Å². The fourth-order valence-corrected chi connectivity index (χ4v) is 2.54. The van der Waals surface area contributed by atoms with Crippen LogP contribution in [0.5, 0.6) is 5.75 Å². The number of ether oxygens (including phenoxy) is 1. The zero-order valence-corrected chi connectivity index (χ0v) is 11.8. The summed E-state index contributed by atoms with van der Waals surface area (Å²) < 4.78 is 4.76. The number of amides is 1. The maximum absolute atomic E-state index is 12.6. The Morgan fingerprint density at radius 2 is 2.10 bits per heavy atom. The van der Waals surface area contributed by atoms with Crippen molar-refractivity contribution >= 4 is 11.9 Å². The van der Waals surface area contributed by atoms with Crippen molar-refractivity contribution in [3.8, 4) is 5.75 Å². The van der Waals surface area contributed by atoms with Crippen LogP contribution in [-0.4, -0.2) is 41.6 Å². The quantitative estimate of drug-likeness (QED) is 0.838. The summed E-state index contributed by atoms with van der Waals surface area (Å²) in [6.07, 6.45) is 2.35. The molecule has 1 aliphatic rings. The highest BCUT2D eigenvalue weighted by atomic mass is 16.5. The number of esters is 1. The first-order valence-electron chi connectivity index (χ1n) is 6.73. The first-order valence-corrected chi connectivity index (χ1v) is 6.73. The number of carbonyl (C=O) groups is 2. The number of aryl methyl sites for hydroxylation is 1. The zero-order valence-electron chi connectivity index (χ0n) is 11.8. The predicted octanol–water partition coefficient (Wildman–Crippen LogP) is 1.87. The highest BCUT2D eigenvalue weighted by molar-refractivity contribution is 5.99. The lowest BCUT2D eigenvalue weighted by Gasteiger charge is -2.34. The number of benzene rings is 1. The molecule has 5 heteroatoms. The van der Waals surface area contributed by atoms with Gasteiger partial charge in [-0.2, -0.15) is 0 Å². The number of rotatable bonds is 2. The van der Waals surface area contributed by atoms with Gasteiger partial charge in [0.05, 0.1) is 12.7 Å². The van der Waals surface area contributed by atoms with Crippen molar-refractivity contribution in [1.82, 2.24) is 4.90 Å². The molecule has 1 saturated heterocycles. The van der Waals surface area contributed by atoms with E-state index in [0.717, 1.165) is 12.8 Å². The summed E-state index contributed by atoms with van der Waals surface area (Å²) in [6.45, 7) is 2.24.